The number of rotatable bonds is 5. The van der Waals surface area contributed by atoms with Gasteiger partial charge in [-0.2, -0.15) is 17.5 Å². The molecule has 0 amide bonds. The van der Waals surface area contributed by atoms with Gasteiger partial charge in [-0.25, -0.2) is 13.4 Å². The predicted octanol–water partition coefficient (Wildman–Crippen LogP) is 5.44. The van der Waals surface area contributed by atoms with Gasteiger partial charge in [-0.3, -0.25) is 0 Å². The van der Waals surface area contributed by atoms with Crippen molar-refractivity contribution in [1.29, 1.82) is 0 Å². The summed E-state index contributed by atoms with van der Waals surface area (Å²) in [5.74, 6) is 0. The second-order valence-corrected chi connectivity index (χ2v) is 11.1. The molecule has 3 heterocycles. The fourth-order valence-electron chi connectivity index (χ4n) is 4.26. The largest absolute Gasteiger partial charge is 0.416 e. The number of aromatic amines is 1. The normalized spacial score (nSPS) is 17.2. The first kappa shape index (κ1) is 23.6. The molecule has 1 aliphatic rings. The molecule has 4 aromatic rings. The Balaban J connectivity index is 1.58. The summed E-state index contributed by atoms with van der Waals surface area (Å²) >= 11 is 1.53. The minimum Gasteiger partial charge on any atom is -0.356 e. The van der Waals surface area contributed by atoms with E-state index >= 15 is 0 Å². The van der Waals surface area contributed by atoms with E-state index in [1.165, 1.54) is 15.6 Å². The number of halogens is 3. The maximum atomic E-state index is 13.7. The van der Waals surface area contributed by atoms with E-state index in [1.807, 2.05) is 41.8 Å². The average molecular weight is 519 g/mol. The molecule has 5 rings (SSSR count). The van der Waals surface area contributed by atoms with E-state index in [4.69, 9.17) is 0 Å². The number of imidazole rings is 1. The number of nitrogens with zero attached hydrogens (tertiary/aromatic N) is 3. The summed E-state index contributed by atoms with van der Waals surface area (Å²) in [7, 11) is -4.08. The number of fused-ring (bicyclic) bond motifs is 1. The minimum absolute atomic E-state index is 0.0981. The van der Waals surface area contributed by atoms with Crippen LogP contribution in [0.4, 0.5) is 18.9 Å². The predicted molar refractivity (Wildman–Crippen MR) is 127 cm³/mol. The molecule has 0 fully saturated rings. The summed E-state index contributed by atoms with van der Waals surface area (Å²) in [5.41, 5.74) is 1.69. The van der Waals surface area contributed by atoms with Gasteiger partial charge < -0.3 is 9.88 Å². The Bertz CT molecular complexity index is 1390. The second kappa shape index (κ2) is 9.14. The van der Waals surface area contributed by atoms with Crippen molar-refractivity contribution in [1.82, 2.24) is 14.3 Å². The highest BCUT2D eigenvalue weighted by Crippen LogP contribution is 2.39. The van der Waals surface area contributed by atoms with Crippen LogP contribution in [-0.4, -0.2) is 29.2 Å². The van der Waals surface area contributed by atoms with Gasteiger partial charge in [-0.1, -0.05) is 24.3 Å². The lowest BCUT2D eigenvalue weighted by Crippen LogP contribution is -2.37. The molecule has 6 nitrogen and oxygen atoms in total. The van der Waals surface area contributed by atoms with Crippen LogP contribution >= 0.6 is 11.3 Å². The van der Waals surface area contributed by atoms with Crippen LogP contribution < -0.4 is 4.90 Å². The summed E-state index contributed by atoms with van der Waals surface area (Å²) < 4.78 is 67.8. The lowest BCUT2D eigenvalue weighted by Gasteiger charge is -2.33. The van der Waals surface area contributed by atoms with Gasteiger partial charge in [0.05, 0.1) is 35.1 Å². The number of hydrogen-bond donors (Lipinski definition) is 1. The zero-order valence-electron chi connectivity index (χ0n) is 18.3. The zero-order valence-corrected chi connectivity index (χ0v) is 19.9. The van der Waals surface area contributed by atoms with Crippen molar-refractivity contribution in [2.75, 3.05) is 11.4 Å². The van der Waals surface area contributed by atoms with Crippen molar-refractivity contribution < 1.29 is 21.6 Å². The number of nitrogens with one attached hydrogen (secondary N) is 1. The topological polar surface area (TPSA) is 69.3 Å². The second-order valence-electron chi connectivity index (χ2n) is 8.18. The average Bonchev–Trinajstić information content (AvgIpc) is 3.52. The van der Waals surface area contributed by atoms with Gasteiger partial charge in [0.25, 0.3) is 0 Å². The number of sulfonamides is 1. The van der Waals surface area contributed by atoms with E-state index in [0.717, 1.165) is 46.1 Å². The van der Waals surface area contributed by atoms with Crippen molar-refractivity contribution >= 4 is 27.0 Å². The molecule has 1 aliphatic heterocycles. The molecule has 11 heteroatoms. The van der Waals surface area contributed by atoms with Gasteiger partial charge in [0, 0.05) is 29.9 Å². The number of anilines is 1. The van der Waals surface area contributed by atoms with Crippen LogP contribution in [0.5, 0.6) is 0 Å². The number of alkyl halides is 3. The molecule has 0 radical (unpaired) electrons. The fraction of sp³-hybridized carbons (Fsp3) is 0.208. The molecule has 182 valence electrons. The molecule has 2 aromatic heterocycles. The van der Waals surface area contributed by atoms with E-state index in [1.54, 1.807) is 12.5 Å². The molecule has 0 spiro atoms. The van der Waals surface area contributed by atoms with Crippen LogP contribution in [-0.2, 0) is 29.3 Å². The number of aromatic nitrogens is 2. The Morgan fingerprint density at radius 2 is 1.83 bits per heavy atom. The van der Waals surface area contributed by atoms with Crippen molar-refractivity contribution in [3.8, 4) is 0 Å². The summed E-state index contributed by atoms with van der Waals surface area (Å²) in [4.78, 5) is 10.2. The third-order valence-electron chi connectivity index (χ3n) is 5.99. The Hall–Kier alpha value is -3.15. The van der Waals surface area contributed by atoms with Gasteiger partial charge >= 0.3 is 6.18 Å². The van der Waals surface area contributed by atoms with Crippen LogP contribution in [0.3, 0.4) is 0 Å². The lowest BCUT2D eigenvalue weighted by atomic mass is 10.1. The van der Waals surface area contributed by atoms with Crippen molar-refractivity contribution in [3.05, 3.63) is 100 Å². The fourth-order valence-corrected chi connectivity index (χ4v) is 6.52. The summed E-state index contributed by atoms with van der Waals surface area (Å²) in [6, 6.07) is 14.8. The molecule has 0 bridgehead atoms. The molecule has 1 N–H and O–H groups in total. The highest BCUT2D eigenvalue weighted by atomic mass is 32.2. The Morgan fingerprint density at radius 3 is 2.49 bits per heavy atom. The SMILES string of the molecule is O=S(=O)(c1ccc(C(F)(F)F)cc1)N1Cc2ccccc2N(Cc2cnc[nH]2)[C@@H](c2cccs2)C1. The monoisotopic (exact) mass is 518 g/mol. The highest BCUT2D eigenvalue weighted by Gasteiger charge is 2.36. The summed E-state index contributed by atoms with van der Waals surface area (Å²) in [6.07, 6.45) is -1.21. The van der Waals surface area contributed by atoms with E-state index in [-0.39, 0.29) is 24.0 Å². The quantitative estimate of drug-likeness (QED) is 0.382. The van der Waals surface area contributed by atoms with Gasteiger partial charge in [0.1, 0.15) is 0 Å². The van der Waals surface area contributed by atoms with E-state index in [9.17, 15) is 21.6 Å². The lowest BCUT2D eigenvalue weighted by molar-refractivity contribution is -0.137. The molecule has 2 aromatic carbocycles. The van der Waals surface area contributed by atoms with Crippen molar-refractivity contribution in [3.63, 3.8) is 0 Å². The van der Waals surface area contributed by atoms with Gasteiger partial charge in [-0.15, -0.1) is 11.3 Å². The maximum absolute atomic E-state index is 13.7. The minimum atomic E-state index is -4.54. The molecule has 1 atom stereocenters. The van der Waals surface area contributed by atoms with E-state index in [0.29, 0.717) is 6.54 Å². The van der Waals surface area contributed by atoms with Crippen molar-refractivity contribution in [2.45, 2.75) is 30.2 Å². The Morgan fingerprint density at radius 1 is 1.06 bits per heavy atom. The molecular weight excluding hydrogens is 497 g/mol. The first-order valence-electron chi connectivity index (χ1n) is 10.8. The van der Waals surface area contributed by atoms with Crippen LogP contribution in [0, 0.1) is 0 Å². The number of thiophene rings is 1. The standard InChI is InChI=1S/C24H21F3N4O2S2/c25-24(26,27)18-7-9-20(10-8-18)35(32,33)30-13-17-4-1-2-5-21(17)31(14-19-12-28-16-29-19)22(15-30)23-6-3-11-34-23/h1-12,16,22H,13-15H2,(H,28,29)/t22-/m1/s1. The number of hydrogen-bond acceptors (Lipinski definition) is 5. The first-order valence-corrected chi connectivity index (χ1v) is 13.1. The molecule has 35 heavy (non-hydrogen) atoms. The summed E-state index contributed by atoms with van der Waals surface area (Å²) in [5, 5.41) is 1.94. The third-order valence-corrected chi connectivity index (χ3v) is 8.79. The summed E-state index contributed by atoms with van der Waals surface area (Å²) in [6.45, 7) is 0.710. The Labute approximate surface area is 204 Å². The maximum Gasteiger partial charge on any atom is 0.416 e. The number of benzene rings is 2. The van der Waals surface area contributed by atoms with Gasteiger partial charge in [-0.05, 0) is 47.3 Å². The van der Waals surface area contributed by atoms with Crippen LogP contribution in [0.1, 0.15) is 27.7 Å². The molecule has 0 aliphatic carbocycles. The molecule has 0 saturated heterocycles. The third kappa shape index (κ3) is 4.71. The first-order chi connectivity index (χ1) is 16.7. The highest BCUT2D eigenvalue weighted by molar-refractivity contribution is 7.89. The molecular formula is C24H21F3N4O2S2. The van der Waals surface area contributed by atoms with Crippen LogP contribution in [0.15, 0.2) is 83.5 Å². The van der Waals surface area contributed by atoms with Crippen molar-refractivity contribution in [2.24, 2.45) is 0 Å². The molecule has 0 unspecified atom stereocenters. The smallest absolute Gasteiger partial charge is 0.356 e. The zero-order chi connectivity index (χ0) is 24.6. The number of para-hydroxylation sites is 1. The molecule has 0 saturated carbocycles. The van der Waals surface area contributed by atoms with Crippen LogP contribution in [0.2, 0.25) is 0 Å². The Kier molecular flexibility index (Phi) is 6.16. The van der Waals surface area contributed by atoms with Crippen LogP contribution in [0.25, 0.3) is 0 Å². The van der Waals surface area contributed by atoms with Gasteiger partial charge in [0.2, 0.25) is 10.0 Å². The van der Waals surface area contributed by atoms with Gasteiger partial charge in [0.15, 0.2) is 0 Å². The number of H-pyrrole nitrogens is 1. The van der Waals surface area contributed by atoms with E-state index < -0.39 is 21.8 Å². The van der Waals surface area contributed by atoms with E-state index in [2.05, 4.69) is 14.9 Å².